The maximum absolute atomic E-state index is 8.83. The van der Waals surface area contributed by atoms with E-state index in [1.807, 2.05) is 6.07 Å². The molecule has 0 saturated carbocycles. The summed E-state index contributed by atoms with van der Waals surface area (Å²) in [6.07, 6.45) is 6.08. The van der Waals surface area contributed by atoms with Gasteiger partial charge in [-0.25, -0.2) is 0 Å². The molecule has 3 rings (SSSR count). The Kier molecular flexibility index (Phi) is 2.80. The average molecular weight is 259 g/mol. The fourth-order valence-electron chi connectivity index (χ4n) is 2.29. The van der Waals surface area contributed by atoms with Crippen molar-refractivity contribution in [2.24, 2.45) is 0 Å². The first-order valence-electron chi connectivity index (χ1n) is 6.06. The number of nitrogens with zero attached hydrogens (tertiary/aromatic N) is 2. The third kappa shape index (κ3) is 1.89. The molecule has 0 fully saturated rings. The molecule has 0 spiro atoms. The predicted octanol–water partition coefficient (Wildman–Crippen LogP) is 3.13. The smallest absolute Gasteiger partial charge is 0.240 e. The highest BCUT2D eigenvalue weighted by Gasteiger charge is 2.18. The Labute approximate surface area is 109 Å². The summed E-state index contributed by atoms with van der Waals surface area (Å²) in [6, 6.07) is 4.07. The number of nitrogen functional groups attached to an aromatic ring is 1. The molecule has 1 aliphatic carbocycles. The van der Waals surface area contributed by atoms with E-state index in [1.54, 1.807) is 11.3 Å². The first-order chi connectivity index (χ1) is 8.78. The van der Waals surface area contributed by atoms with Crippen LogP contribution in [0.4, 0.5) is 5.88 Å². The fourth-order valence-corrected chi connectivity index (χ4v) is 3.47. The molecule has 2 N–H and O–H groups in total. The zero-order valence-electron chi connectivity index (χ0n) is 9.90. The summed E-state index contributed by atoms with van der Waals surface area (Å²) in [4.78, 5) is 6.53. The minimum absolute atomic E-state index is 0.107. The molecule has 0 bridgehead atoms. The quantitative estimate of drug-likeness (QED) is 0.798. The Morgan fingerprint density at radius 3 is 2.94 bits per heavy atom. The third-order valence-corrected chi connectivity index (χ3v) is 4.44. The number of rotatable bonds is 1. The van der Waals surface area contributed by atoms with Gasteiger partial charge in [-0.1, -0.05) is 6.42 Å². The van der Waals surface area contributed by atoms with Crippen molar-refractivity contribution < 1.29 is 4.42 Å². The summed E-state index contributed by atoms with van der Waals surface area (Å²) < 4.78 is 5.36. The van der Waals surface area contributed by atoms with Crippen LogP contribution in [0.25, 0.3) is 10.8 Å². The summed E-state index contributed by atoms with van der Waals surface area (Å²) >= 11 is 1.71. The van der Waals surface area contributed by atoms with Gasteiger partial charge < -0.3 is 10.2 Å². The molecule has 0 radical (unpaired) electrons. The molecule has 0 unspecified atom stereocenters. The van der Waals surface area contributed by atoms with Crippen LogP contribution in [0.2, 0.25) is 0 Å². The van der Waals surface area contributed by atoms with Crippen molar-refractivity contribution in [3.8, 4) is 16.8 Å². The largest absolute Gasteiger partial charge is 0.419 e. The molecule has 4 nitrogen and oxygen atoms in total. The minimum atomic E-state index is 0.107. The van der Waals surface area contributed by atoms with E-state index in [2.05, 4.69) is 11.1 Å². The zero-order chi connectivity index (χ0) is 12.5. The predicted molar refractivity (Wildman–Crippen MR) is 70.2 cm³/mol. The van der Waals surface area contributed by atoms with Gasteiger partial charge in [0.2, 0.25) is 17.5 Å². The molecule has 0 saturated heterocycles. The number of fused-ring (bicyclic) bond motifs is 1. The van der Waals surface area contributed by atoms with Gasteiger partial charge in [-0.15, -0.1) is 11.3 Å². The second kappa shape index (κ2) is 4.46. The van der Waals surface area contributed by atoms with Crippen LogP contribution in [0.1, 0.15) is 35.4 Å². The molecule has 5 heteroatoms. The Hall–Kier alpha value is -1.80. The lowest BCUT2D eigenvalue weighted by atomic mass is 10.1. The fraction of sp³-hybridized carbons (Fsp3) is 0.385. The summed E-state index contributed by atoms with van der Waals surface area (Å²) in [6.45, 7) is 0. The van der Waals surface area contributed by atoms with Crippen LogP contribution >= 0.6 is 11.3 Å². The molecule has 1 aliphatic rings. The van der Waals surface area contributed by atoms with Gasteiger partial charge in [0, 0.05) is 4.88 Å². The van der Waals surface area contributed by atoms with Crippen LogP contribution < -0.4 is 5.73 Å². The van der Waals surface area contributed by atoms with Crippen molar-refractivity contribution >= 4 is 17.2 Å². The van der Waals surface area contributed by atoms with Gasteiger partial charge in [-0.3, -0.25) is 0 Å². The van der Waals surface area contributed by atoms with Crippen LogP contribution in [0.3, 0.4) is 0 Å². The number of aromatic nitrogens is 1. The topological polar surface area (TPSA) is 75.8 Å². The van der Waals surface area contributed by atoms with Crippen LogP contribution in [-0.2, 0) is 12.8 Å². The molecule has 0 atom stereocenters. The number of hydrogen-bond donors (Lipinski definition) is 1. The number of anilines is 1. The Balaban J connectivity index is 1.99. The van der Waals surface area contributed by atoms with Crippen molar-refractivity contribution in [3.05, 3.63) is 22.2 Å². The van der Waals surface area contributed by atoms with Gasteiger partial charge in [0.1, 0.15) is 6.07 Å². The first-order valence-corrected chi connectivity index (χ1v) is 6.88. The van der Waals surface area contributed by atoms with E-state index in [4.69, 9.17) is 15.4 Å². The van der Waals surface area contributed by atoms with Gasteiger partial charge in [0.15, 0.2) is 0 Å². The lowest BCUT2D eigenvalue weighted by Gasteiger charge is -1.92. The van der Waals surface area contributed by atoms with Gasteiger partial charge in [0.05, 0.1) is 4.88 Å². The zero-order valence-corrected chi connectivity index (χ0v) is 10.7. The van der Waals surface area contributed by atoms with Crippen molar-refractivity contribution in [1.29, 1.82) is 5.26 Å². The number of nitriles is 1. The molecule has 0 aliphatic heterocycles. The van der Waals surface area contributed by atoms with E-state index in [-0.39, 0.29) is 11.6 Å². The molecule has 0 aromatic carbocycles. The third-order valence-electron chi connectivity index (χ3n) is 3.22. The van der Waals surface area contributed by atoms with E-state index in [9.17, 15) is 0 Å². The van der Waals surface area contributed by atoms with Crippen LogP contribution in [0.15, 0.2) is 10.5 Å². The lowest BCUT2D eigenvalue weighted by Crippen LogP contribution is -1.84. The highest BCUT2D eigenvalue weighted by molar-refractivity contribution is 7.15. The molecule has 2 aromatic rings. The van der Waals surface area contributed by atoms with E-state index >= 15 is 0 Å². The molecular weight excluding hydrogens is 246 g/mol. The molecular formula is C13H13N3OS. The summed E-state index contributed by atoms with van der Waals surface area (Å²) in [5.41, 5.74) is 7.17. The second-order valence-electron chi connectivity index (χ2n) is 4.46. The van der Waals surface area contributed by atoms with Crippen LogP contribution in [0, 0.1) is 11.3 Å². The van der Waals surface area contributed by atoms with Crippen molar-refractivity contribution in [3.63, 3.8) is 0 Å². The molecule has 92 valence electrons. The molecule has 0 amide bonds. The lowest BCUT2D eigenvalue weighted by molar-refractivity contribution is 0.595. The molecule has 2 heterocycles. The van der Waals surface area contributed by atoms with Crippen molar-refractivity contribution in [2.75, 3.05) is 5.73 Å². The minimum Gasteiger partial charge on any atom is -0.419 e. The first kappa shape index (κ1) is 11.3. The van der Waals surface area contributed by atoms with E-state index in [0.29, 0.717) is 5.89 Å². The maximum Gasteiger partial charge on any atom is 0.240 e. The number of nitrogens with two attached hydrogens (primary N) is 1. The maximum atomic E-state index is 8.83. The highest BCUT2D eigenvalue weighted by Crippen LogP contribution is 2.35. The van der Waals surface area contributed by atoms with Gasteiger partial charge in [0.25, 0.3) is 0 Å². The van der Waals surface area contributed by atoms with Crippen LogP contribution in [0.5, 0.6) is 0 Å². The number of aryl methyl sites for hydroxylation is 2. The van der Waals surface area contributed by atoms with Crippen molar-refractivity contribution in [1.82, 2.24) is 4.98 Å². The number of hydrogen-bond acceptors (Lipinski definition) is 5. The monoisotopic (exact) mass is 259 g/mol. The summed E-state index contributed by atoms with van der Waals surface area (Å²) in [5.74, 6) is 0.582. The van der Waals surface area contributed by atoms with Crippen LogP contribution in [-0.4, -0.2) is 4.98 Å². The Morgan fingerprint density at radius 2 is 2.17 bits per heavy atom. The number of oxazole rings is 1. The molecule has 18 heavy (non-hydrogen) atoms. The SMILES string of the molecule is N#Cc1nc(-c2cc3c(s2)CCCCC3)oc1N. The second-order valence-corrected chi connectivity index (χ2v) is 5.60. The Morgan fingerprint density at radius 1 is 1.33 bits per heavy atom. The van der Waals surface area contributed by atoms with Gasteiger partial charge in [-0.2, -0.15) is 10.2 Å². The normalized spacial score (nSPS) is 14.8. The molecule has 2 aromatic heterocycles. The Bertz CT molecular complexity index is 597. The standard InChI is InChI=1S/C13H13N3OS/c14-7-9-12(15)17-13(16-9)11-6-8-4-2-1-3-5-10(8)18-11/h6H,1-5,15H2. The van der Waals surface area contributed by atoms with Gasteiger partial charge in [-0.05, 0) is 37.3 Å². The van der Waals surface area contributed by atoms with Gasteiger partial charge >= 0.3 is 0 Å². The van der Waals surface area contributed by atoms with E-state index in [1.165, 1.54) is 29.7 Å². The van der Waals surface area contributed by atoms with E-state index < -0.39 is 0 Å². The summed E-state index contributed by atoms with van der Waals surface area (Å²) in [7, 11) is 0. The highest BCUT2D eigenvalue weighted by atomic mass is 32.1. The average Bonchev–Trinajstić information content (AvgIpc) is 2.87. The summed E-state index contributed by atoms with van der Waals surface area (Å²) in [5, 5.41) is 8.83. The van der Waals surface area contributed by atoms with Crippen molar-refractivity contribution in [2.45, 2.75) is 32.1 Å². The van der Waals surface area contributed by atoms with E-state index in [0.717, 1.165) is 17.7 Å². The number of thiophene rings is 1.